The SMILES string of the molecule is c1ccc(-c2c3ccccc3c(-c3ccc4c(c3)c3ccccc3n4-c3ccc4ccccc4c3)c3ccccc23)cc1. The van der Waals surface area contributed by atoms with Crippen LogP contribution in [0.1, 0.15) is 0 Å². The molecule has 0 atom stereocenters. The van der Waals surface area contributed by atoms with Gasteiger partial charge in [0, 0.05) is 16.5 Å². The number of aromatic nitrogens is 1. The van der Waals surface area contributed by atoms with Gasteiger partial charge < -0.3 is 4.57 Å². The van der Waals surface area contributed by atoms with Crippen LogP contribution >= 0.6 is 0 Å². The quantitative estimate of drug-likeness (QED) is 0.195. The first-order valence-electron chi connectivity index (χ1n) is 14.9. The molecule has 0 saturated carbocycles. The number of hydrogen-bond acceptors (Lipinski definition) is 0. The molecule has 9 aromatic rings. The van der Waals surface area contributed by atoms with E-state index in [1.165, 1.54) is 82.1 Å². The summed E-state index contributed by atoms with van der Waals surface area (Å²) in [4.78, 5) is 0. The minimum atomic E-state index is 1.18. The highest BCUT2D eigenvalue weighted by Gasteiger charge is 2.18. The van der Waals surface area contributed by atoms with Crippen LogP contribution < -0.4 is 0 Å². The molecule has 0 saturated heterocycles. The number of rotatable bonds is 3. The van der Waals surface area contributed by atoms with Crippen LogP contribution in [0.25, 0.3) is 82.1 Å². The van der Waals surface area contributed by atoms with Crippen molar-refractivity contribution < 1.29 is 0 Å². The molecule has 1 heteroatoms. The summed E-state index contributed by atoms with van der Waals surface area (Å²) < 4.78 is 2.41. The molecule has 0 N–H and O–H groups in total. The molecule has 0 aliphatic heterocycles. The normalized spacial score (nSPS) is 11.7. The Balaban J connectivity index is 1.35. The lowest BCUT2D eigenvalue weighted by Gasteiger charge is -2.18. The van der Waals surface area contributed by atoms with Crippen LogP contribution in [-0.2, 0) is 0 Å². The average molecular weight is 546 g/mol. The Morgan fingerprint density at radius 1 is 0.302 bits per heavy atom. The Kier molecular flexibility index (Phi) is 5.27. The minimum Gasteiger partial charge on any atom is -0.309 e. The first-order chi connectivity index (χ1) is 21.3. The van der Waals surface area contributed by atoms with E-state index in [2.05, 4.69) is 168 Å². The lowest BCUT2D eigenvalue weighted by Crippen LogP contribution is -1.94. The van der Waals surface area contributed by atoms with Crippen LogP contribution in [0.15, 0.2) is 164 Å². The summed E-state index contributed by atoms with van der Waals surface area (Å²) in [5.74, 6) is 0. The summed E-state index contributed by atoms with van der Waals surface area (Å²) in [6.45, 7) is 0. The maximum atomic E-state index is 2.41. The predicted molar refractivity (Wildman–Crippen MR) is 184 cm³/mol. The van der Waals surface area contributed by atoms with Crippen LogP contribution in [-0.4, -0.2) is 4.57 Å². The molecule has 0 unspecified atom stereocenters. The first-order valence-corrected chi connectivity index (χ1v) is 14.9. The van der Waals surface area contributed by atoms with Crippen molar-refractivity contribution in [3.05, 3.63) is 164 Å². The van der Waals surface area contributed by atoms with Gasteiger partial charge in [-0.05, 0) is 84.9 Å². The van der Waals surface area contributed by atoms with Crippen LogP contribution in [0.2, 0.25) is 0 Å². The summed E-state index contributed by atoms with van der Waals surface area (Å²) in [5, 5.41) is 10.1. The van der Waals surface area contributed by atoms with Crippen LogP contribution in [0.3, 0.4) is 0 Å². The molecule has 0 aliphatic rings. The molecule has 0 radical (unpaired) electrons. The summed E-state index contributed by atoms with van der Waals surface area (Å²) >= 11 is 0. The molecule has 0 bridgehead atoms. The summed E-state index contributed by atoms with van der Waals surface area (Å²) in [6.07, 6.45) is 0. The Bertz CT molecular complexity index is 2440. The van der Waals surface area contributed by atoms with Crippen molar-refractivity contribution in [2.75, 3.05) is 0 Å². The first kappa shape index (κ1) is 24.0. The van der Waals surface area contributed by atoms with E-state index >= 15 is 0 Å². The Morgan fingerprint density at radius 3 is 1.53 bits per heavy atom. The third-order valence-corrected chi connectivity index (χ3v) is 8.95. The second kappa shape index (κ2) is 9.44. The van der Waals surface area contributed by atoms with Gasteiger partial charge in [0.05, 0.1) is 11.0 Å². The molecule has 0 amide bonds. The van der Waals surface area contributed by atoms with Crippen molar-refractivity contribution in [2.24, 2.45) is 0 Å². The molecule has 43 heavy (non-hydrogen) atoms. The molecule has 0 fully saturated rings. The van der Waals surface area contributed by atoms with Crippen molar-refractivity contribution in [1.82, 2.24) is 4.57 Å². The van der Waals surface area contributed by atoms with E-state index in [0.717, 1.165) is 0 Å². The van der Waals surface area contributed by atoms with E-state index in [9.17, 15) is 0 Å². The van der Waals surface area contributed by atoms with Gasteiger partial charge in [-0.3, -0.25) is 0 Å². The van der Waals surface area contributed by atoms with Crippen molar-refractivity contribution >= 4 is 54.1 Å². The molecule has 1 aromatic heterocycles. The van der Waals surface area contributed by atoms with Crippen LogP contribution in [0.5, 0.6) is 0 Å². The standard InChI is InChI=1S/C42H27N/c1-2-13-29(14-3-1)41-34-17-6-8-19-36(34)42(37-20-9-7-18-35(37)41)31-23-25-40-38(27-31)33-16-10-11-21-39(33)43(40)32-24-22-28-12-4-5-15-30(28)26-32/h1-27H. The van der Waals surface area contributed by atoms with Crippen molar-refractivity contribution in [3.63, 3.8) is 0 Å². The van der Waals surface area contributed by atoms with Gasteiger partial charge in [-0.15, -0.1) is 0 Å². The Hall–Kier alpha value is -5.66. The van der Waals surface area contributed by atoms with Gasteiger partial charge in [0.25, 0.3) is 0 Å². The molecule has 9 rings (SSSR count). The van der Waals surface area contributed by atoms with Gasteiger partial charge in [0.2, 0.25) is 0 Å². The van der Waals surface area contributed by atoms with E-state index in [0.29, 0.717) is 0 Å². The molecule has 8 aromatic carbocycles. The minimum absolute atomic E-state index is 1.18. The van der Waals surface area contributed by atoms with Crippen molar-refractivity contribution in [2.45, 2.75) is 0 Å². The number of nitrogens with zero attached hydrogens (tertiary/aromatic N) is 1. The highest BCUT2D eigenvalue weighted by atomic mass is 15.0. The molecular formula is C42H27N. The summed E-state index contributed by atoms with van der Waals surface area (Å²) in [5.41, 5.74) is 8.69. The number of fused-ring (bicyclic) bond motifs is 6. The zero-order chi connectivity index (χ0) is 28.3. The number of para-hydroxylation sites is 1. The smallest absolute Gasteiger partial charge is 0.0541 e. The van der Waals surface area contributed by atoms with Gasteiger partial charge >= 0.3 is 0 Å². The third-order valence-electron chi connectivity index (χ3n) is 8.95. The number of hydrogen-bond donors (Lipinski definition) is 0. The van der Waals surface area contributed by atoms with Gasteiger partial charge in [0.15, 0.2) is 0 Å². The van der Waals surface area contributed by atoms with E-state index in [4.69, 9.17) is 0 Å². The van der Waals surface area contributed by atoms with Crippen LogP contribution in [0, 0.1) is 0 Å². The summed E-state index contributed by atoms with van der Waals surface area (Å²) in [6, 6.07) is 59.8. The second-order valence-corrected chi connectivity index (χ2v) is 11.3. The second-order valence-electron chi connectivity index (χ2n) is 11.3. The fourth-order valence-corrected chi connectivity index (χ4v) is 7.08. The van der Waals surface area contributed by atoms with Crippen molar-refractivity contribution in [1.29, 1.82) is 0 Å². The molecule has 200 valence electrons. The van der Waals surface area contributed by atoms with Crippen molar-refractivity contribution in [3.8, 4) is 27.9 Å². The zero-order valence-corrected chi connectivity index (χ0v) is 23.5. The fraction of sp³-hybridized carbons (Fsp3) is 0. The predicted octanol–water partition coefficient (Wildman–Crippen LogP) is 11.6. The highest BCUT2D eigenvalue weighted by molar-refractivity contribution is 6.22. The Labute approximate surface area is 249 Å². The average Bonchev–Trinajstić information content (AvgIpc) is 3.41. The largest absolute Gasteiger partial charge is 0.309 e. The van der Waals surface area contributed by atoms with E-state index < -0.39 is 0 Å². The van der Waals surface area contributed by atoms with E-state index in [1.54, 1.807) is 0 Å². The fourth-order valence-electron chi connectivity index (χ4n) is 7.08. The molecular weight excluding hydrogens is 518 g/mol. The summed E-state index contributed by atoms with van der Waals surface area (Å²) in [7, 11) is 0. The highest BCUT2D eigenvalue weighted by Crippen LogP contribution is 2.45. The molecule has 0 spiro atoms. The molecule has 0 aliphatic carbocycles. The topological polar surface area (TPSA) is 4.93 Å². The zero-order valence-electron chi connectivity index (χ0n) is 23.5. The van der Waals surface area contributed by atoms with Crippen LogP contribution in [0.4, 0.5) is 0 Å². The van der Waals surface area contributed by atoms with Gasteiger partial charge in [-0.2, -0.15) is 0 Å². The lowest BCUT2D eigenvalue weighted by molar-refractivity contribution is 1.19. The molecule has 1 heterocycles. The maximum absolute atomic E-state index is 2.41. The van der Waals surface area contributed by atoms with Gasteiger partial charge in [-0.1, -0.05) is 133 Å². The molecule has 1 nitrogen and oxygen atoms in total. The maximum Gasteiger partial charge on any atom is 0.0541 e. The van der Waals surface area contributed by atoms with E-state index in [1.807, 2.05) is 0 Å². The van der Waals surface area contributed by atoms with Gasteiger partial charge in [-0.25, -0.2) is 0 Å². The number of benzene rings is 8. The van der Waals surface area contributed by atoms with Gasteiger partial charge in [0.1, 0.15) is 0 Å². The third kappa shape index (κ3) is 3.65. The van der Waals surface area contributed by atoms with E-state index in [-0.39, 0.29) is 0 Å². The lowest BCUT2D eigenvalue weighted by atomic mass is 9.86. The monoisotopic (exact) mass is 545 g/mol. The Morgan fingerprint density at radius 2 is 0.837 bits per heavy atom.